The Hall–Kier alpha value is -2.80. The summed E-state index contributed by atoms with van der Waals surface area (Å²) in [5, 5.41) is 18.1. The van der Waals surface area contributed by atoms with Crippen LogP contribution in [0.4, 0.5) is 0 Å². The maximum Gasteiger partial charge on any atom is 0.185 e. The van der Waals surface area contributed by atoms with Crippen molar-refractivity contribution >= 4 is 11.9 Å². The predicted molar refractivity (Wildman–Crippen MR) is 76.3 cm³/mol. The van der Waals surface area contributed by atoms with Gasteiger partial charge in [-0.2, -0.15) is 5.26 Å². The number of benzene rings is 1. The van der Waals surface area contributed by atoms with E-state index in [0.717, 1.165) is 11.3 Å². The van der Waals surface area contributed by atoms with Crippen molar-refractivity contribution in [3.05, 3.63) is 58.9 Å². The summed E-state index contributed by atoms with van der Waals surface area (Å²) in [5.74, 6) is -0.0187. The van der Waals surface area contributed by atoms with Crippen molar-refractivity contribution in [2.45, 2.75) is 6.92 Å². The van der Waals surface area contributed by atoms with Crippen LogP contribution in [-0.2, 0) is 7.05 Å². The first kappa shape index (κ1) is 13.6. The van der Waals surface area contributed by atoms with Gasteiger partial charge in [0.15, 0.2) is 5.78 Å². The summed E-state index contributed by atoms with van der Waals surface area (Å²) in [6.07, 6.45) is 3.17. The Kier molecular flexibility index (Phi) is 3.72. The lowest BCUT2D eigenvalue weighted by Gasteiger charge is -1.98. The minimum Gasteiger partial charge on any atom is -0.508 e. The van der Waals surface area contributed by atoms with Crippen LogP contribution in [0.15, 0.2) is 36.4 Å². The average molecular weight is 266 g/mol. The highest BCUT2D eigenvalue weighted by Gasteiger charge is 2.07. The van der Waals surface area contributed by atoms with Crippen LogP contribution in [0.3, 0.4) is 0 Å². The van der Waals surface area contributed by atoms with Crippen LogP contribution in [-0.4, -0.2) is 15.5 Å². The normalized spacial score (nSPS) is 10.7. The van der Waals surface area contributed by atoms with E-state index in [1.165, 1.54) is 18.2 Å². The molecule has 0 aliphatic carbocycles. The molecule has 0 saturated heterocycles. The molecular formula is C16H14N2O2. The fourth-order valence-corrected chi connectivity index (χ4v) is 1.89. The van der Waals surface area contributed by atoms with Crippen molar-refractivity contribution < 1.29 is 9.90 Å². The molecule has 20 heavy (non-hydrogen) atoms. The molecular weight excluding hydrogens is 252 g/mol. The van der Waals surface area contributed by atoms with Crippen molar-refractivity contribution in [2.24, 2.45) is 7.05 Å². The van der Waals surface area contributed by atoms with Gasteiger partial charge in [-0.25, -0.2) is 0 Å². The molecule has 2 rings (SSSR count). The highest BCUT2D eigenvalue weighted by molar-refractivity contribution is 6.06. The first-order valence-corrected chi connectivity index (χ1v) is 6.11. The Morgan fingerprint density at radius 2 is 2.00 bits per heavy atom. The lowest BCUT2D eigenvalue weighted by Crippen LogP contribution is -1.94. The SMILES string of the molecule is Cc1c(C=CC(=O)c2ccc(O)cc2)cc(C#N)n1C. The summed E-state index contributed by atoms with van der Waals surface area (Å²) in [5.41, 5.74) is 2.83. The quantitative estimate of drug-likeness (QED) is 0.686. The molecule has 0 unspecified atom stereocenters. The second-order valence-corrected chi connectivity index (χ2v) is 4.49. The lowest BCUT2D eigenvalue weighted by atomic mass is 10.1. The number of carbonyl (C=O) groups is 1. The third-order valence-electron chi connectivity index (χ3n) is 3.26. The number of hydrogen-bond acceptors (Lipinski definition) is 3. The molecule has 0 bridgehead atoms. The summed E-state index contributed by atoms with van der Waals surface area (Å²) in [6, 6.07) is 9.93. The number of carbonyl (C=O) groups excluding carboxylic acids is 1. The van der Waals surface area contributed by atoms with Crippen molar-refractivity contribution in [3.8, 4) is 11.8 Å². The predicted octanol–water partition coefficient (Wildman–Crippen LogP) is 2.81. The Balaban J connectivity index is 2.24. The van der Waals surface area contributed by atoms with Gasteiger partial charge in [-0.05, 0) is 55.0 Å². The van der Waals surface area contributed by atoms with Crippen molar-refractivity contribution in [3.63, 3.8) is 0 Å². The van der Waals surface area contributed by atoms with Crippen LogP contribution in [0.5, 0.6) is 5.75 Å². The van der Waals surface area contributed by atoms with Crippen molar-refractivity contribution in [1.29, 1.82) is 5.26 Å². The second kappa shape index (κ2) is 5.45. The van der Waals surface area contributed by atoms with Gasteiger partial charge >= 0.3 is 0 Å². The Labute approximate surface area is 117 Å². The first-order valence-electron chi connectivity index (χ1n) is 6.11. The molecule has 4 heteroatoms. The van der Waals surface area contributed by atoms with E-state index in [4.69, 9.17) is 5.26 Å². The van der Waals surface area contributed by atoms with Gasteiger partial charge < -0.3 is 9.67 Å². The minimum absolute atomic E-state index is 0.128. The van der Waals surface area contributed by atoms with Crippen LogP contribution >= 0.6 is 0 Å². The van der Waals surface area contributed by atoms with Gasteiger partial charge in [0.1, 0.15) is 17.5 Å². The van der Waals surface area contributed by atoms with E-state index in [2.05, 4.69) is 6.07 Å². The number of phenolic OH excluding ortho intramolecular Hbond substituents is 1. The number of phenols is 1. The molecule has 1 aromatic carbocycles. The molecule has 0 atom stereocenters. The van der Waals surface area contributed by atoms with Crippen molar-refractivity contribution in [2.75, 3.05) is 0 Å². The summed E-state index contributed by atoms with van der Waals surface area (Å²) in [6.45, 7) is 1.89. The van der Waals surface area contributed by atoms with Gasteiger partial charge in [-0.3, -0.25) is 4.79 Å². The first-order chi connectivity index (χ1) is 9.52. The molecule has 1 N–H and O–H groups in total. The molecule has 2 aromatic rings. The van der Waals surface area contributed by atoms with Gasteiger partial charge in [0, 0.05) is 18.3 Å². The number of aromatic nitrogens is 1. The maximum atomic E-state index is 12.0. The number of nitrogens with zero attached hydrogens (tertiary/aromatic N) is 2. The summed E-state index contributed by atoms with van der Waals surface area (Å²) < 4.78 is 1.78. The van der Waals surface area contributed by atoms with E-state index in [1.54, 1.807) is 28.8 Å². The smallest absolute Gasteiger partial charge is 0.185 e. The van der Waals surface area contributed by atoms with Crippen molar-refractivity contribution in [1.82, 2.24) is 4.57 Å². The number of ketones is 1. The van der Waals surface area contributed by atoms with Crippen LogP contribution in [0.1, 0.15) is 27.3 Å². The minimum atomic E-state index is -0.147. The van der Waals surface area contributed by atoms with Gasteiger partial charge in [-0.1, -0.05) is 0 Å². The molecule has 0 aliphatic rings. The Bertz CT molecular complexity index is 716. The maximum absolute atomic E-state index is 12.0. The number of hydrogen-bond donors (Lipinski definition) is 1. The van der Waals surface area contributed by atoms with Crippen LogP contribution < -0.4 is 0 Å². The number of nitriles is 1. The standard InChI is InChI=1S/C16H14N2O2/c1-11-13(9-14(10-17)18(11)2)5-8-16(20)12-3-6-15(19)7-4-12/h3-9,19H,1-2H3. The lowest BCUT2D eigenvalue weighted by molar-refractivity contribution is 0.104. The highest BCUT2D eigenvalue weighted by Crippen LogP contribution is 2.16. The van der Waals surface area contributed by atoms with E-state index in [0.29, 0.717) is 11.3 Å². The summed E-state index contributed by atoms with van der Waals surface area (Å²) >= 11 is 0. The molecule has 0 amide bonds. The van der Waals surface area contributed by atoms with Gasteiger partial charge in [0.2, 0.25) is 0 Å². The van der Waals surface area contributed by atoms with E-state index in [9.17, 15) is 9.90 Å². The van der Waals surface area contributed by atoms with E-state index in [1.807, 2.05) is 14.0 Å². The number of aromatic hydroxyl groups is 1. The van der Waals surface area contributed by atoms with Crippen LogP contribution in [0.25, 0.3) is 6.08 Å². The molecule has 0 aliphatic heterocycles. The second-order valence-electron chi connectivity index (χ2n) is 4.49. The molecule has 0 spiro atoms. The molecule has 0 saturated carbocycles. The average Bonchev–Trinajstić information content (AvgIpc) is 2.73. The highest BCUT2D eigenvalue weighted by atomic mass is 16.3. The number of allylic oxidation sites excluding steroid dienone is 1. The molecule has 0 radical (unpaired) electrons. The zero-order valence-electron chi connectivity index (χ0n) is 11.3. The molecule has 1 aromatic heterocycles. The van der Waals surface area contributed by atoms with E-state index >= 15 is 0 Å². The fraction of sp³-hybridized carbons (Fsp3) is 0.125. The van der Waals surface area contributed by atoms with Crippen LogP contribution in [0.2, 0.25) is 0 Å². The number of rotatable bonds is 3. The molecule has 100 valence electrons. The zero-order chi connectivity index (χ0) is 14.7. The zero-order valence-corrected chi connectivity index (χ0v) is 11.3. The molecule has 4 nitrogen and oxygen atoms in total. The fourth-order valence-electron chi connectivity index (χ4n) is 1.89. The Morgan fingerprint density at radius 3 is 2.55 bits per heavy atom. The third-order valence-corrected chi connectivity index (χ3v) is 3.26. The van der Waals surface area contributed by atoms with Gasteiger partial charge in [-0.15, -0.1) is 0 Å². The molecule has 0 fully saturated rings. The van der Waals surface area contributed by atoms with E-state index < -0.39 is 0 Å². The topological polar surface area (TPSA) is 66.0 Å². The molecule has 1 heterocycles. The van der Waals surface area contributed by atoms with Gasteiger partial charge in [0.05, 0.1) is 0 Å². The van der Waals surface area contributed by atoms with Gasteiger partial charge in [0.25, 0.3) is 0 Å². The Morgan fingerprint density at radius 1 is 1.35 bits per heavy atom. The third kappa shape index (κ3) is 2.62. The van der Waals surface area contributed by atoms with Crippen LogP contribution in [0, 0.1) is 18.3 Å². The summed E-state index contributed by atoms with van der Waals surface area (Å²) in [4.78, 5) is 12.0. The monoisotopic (exact) mass is 266 g/mol. The van der Waals surface area contributed by atoms with E-state index in [-0.39, 0.29) is 11.5 Å². The largest absolute Gasteiger partial charge is 0.508 e. The summed E-state index contributed by atoms with van der Waals surface area (Å²) in [7, 11) is 1.81.